The smallest absolute Gasteiger partial charge is 0.123 e. The lowest BCUT2D eigenvalue weighted by atomic mass is 10.1. The molecule has 1 aromatic rings. The van der Waals surface area contributed by atoms with Crippen LogP contribution in [0, 0.1) is 17.1 Å². The van der Waals surface area contributed by atoms with E-state index in [-0.39, 0.29) is 5.82 Å². The molecule has 78 valence electrons. The van der Waals surface area contributed by atoms with Gasteiger partial charge in [0.2, 0.25) is 0 Å². The predicted octanol–water partition coefficient (Wildman–Crippen LogP) is 2.36. The van der Waals surface area contributed by atoms with E-state index in [1.807, 2.05) is 13.0 Å². The first kappa shape index (κ1) is 11.4. The minimum absolute atomic E-state index is 0.318. The summed E-state index contributed by atoms with van der Waals surface area (Å²) in [6.07, 6.45) is 0. The van der Waals surface area contributed by atoms with Crippen molar-refractivity contribution < 1.29 is 4.39 Å². The molecule has 3 heteroatoms. The second-order valence-corrected chi connectivity index (χ2v) is 3.47. The maximum absolute atomic E-state index is 12.9. The van der Waals surface area contributed by atoms with Gasteiger partial charge in [-0.05, 0) is 30.7 Å². The first-order valence-corrected chi connectivity index (χ1v) is 4.67. The van der Waals surface area contributed by atoms with Crippen molar-refractivity contribution in [1.29, 1.82) is 5.26 Å². The molecule has 0 heterocycles. The van der Waals surface area contributed by atoms with Crippen molar-refractivity contribution in [2.24, 2.45) is 0 Å². The summed E-state index contributed by atoms with van der Waals surface area (Å²) in [6, 6.07) is 6.20. The van der Waals surface area contributed by atoms with Crippen molar-refractivity contribution >= 4 is 0 Å². The van der Waals surface area contributed by atoms with E-state index < -0.39 is 0 Å². The summed E-state index contributed by atoms with van der Waals surface area (Å²) in [6.45, 7) is 6.80. The second-order valence-electron chi connectivity index (χ2n) is 3.47. The molecule has 0 aromatic heterocycles. The normalized spacial score (nSPS) is 9.67. The minimum Gasteiger partial charge on any atom is -0.309 e. The molecule has 15 heavy (non-hydrogen) atoms. The maximum Gasteiger partial charge on any atom is 0.123 e. The van der Waals surface area contributed by atoms with Gasteiger partial charge in [-0.3, -0.25) is 0 Å². The lowest BCUT2D eigenvalue weighted by molar-refractivity contribution is 0.622. The highest BCUT2D eigenvalue weighted by atomic mass is 19.1. The van der Waals surface area contributed by atoms with E-state index in [1.165, 1.54) is 18.2 Å². The Kier molecular flexibility index (Phi) is 4.02. The molecule has 0 aliphatic carbocycles. The third kappa shape index (κ3) is 3.53. The van der Waals surface area contributed by atoms with Gasteiger partial charge in [0, 0.05) is 13.1 Å². The first-order valence-electron chi connectivity index (χ1n) is 4.67. The fraction of sp³-hybridized carbons (Fsp3) is 0.250. The zero-order valence-corrected chi connectivity index (χ0v) is 8.68. The van der Waals surface area contributed by atoms with E-state index in [0.29, 0.717) is 24.2 Å². The van der Waals surface area contributed by atoms with Gasteiger partial charge in [0.1, 0.15) is 5.82 Å². The van der Waals surface area contributed by atoms with Crippen LogP contribution in [0.15, 0.2) is 30.4 Å². The number of halogens is 1. The number of nitrogens with one attached hydrogen (secondary N) is 1. The quantitative estimate of drug-likeness (QED) is 0.764. The van der Waals surface area contributed by atoms with Crippen LogP contribution in [0.2, 0.25) is 0 Å². The van der Waals surface area contributed by atoms with Crippen LogP contribution >= 0.6 is 0 Å². The molecule has 0 saturated heterocycles. The van der Waals surface area contributed by atoms with Crippen LogP contribution in [-0.4, -0.2) is 6.54 Å². The molecule has 1 rings (SSSR count). The van der Waals surface area contributed by atoms with Crippen molar-refractivity contribution in [3.63, 3.8) is 0 Å². The Balaban J connectivity index is 2.71. The van der Waals surface area contributed by atoms with Gasteiger partial charge in [-0.15, -0.1) is 0 Å². The SMILES string of the molecule is C=C(C)CNCc1cc(F)ccc1C#N. The zero-order valence-electron chi connectivity index (χ0n) is 8.68. The van der Waals surface area contributed by atoms with Gasteiger partial charge in [-0.2, -0.15) is 5.26 Å². The summed E-state index contributed by atoms with van der Waals surface area (Å²) >= 11 is 0. The van der Waals surface area contributed by atoms with Gasteiger partial charge in [0.15, 0.2) is 0 Å². The Labute approximate surface area is 89.0 Å². The van der Waals surface area contributed by atoms with Gasteiger partial charge in [-0.1, -0.05) is 12.2 Å². The number of nitrogens with zero attached hydrogens (tertiary/aromatic N) is 1. The van der Waals surface area contributed by atoms with Crippen molar-refractivity contribution in [2.75, 3.05) is 6.54 Å². The first-order chi connectivity index (χ1) is 7.13. The van der Waals surface area contributed by atoms with Crippen LogP contribution in [-0.2, 0) is 6.54 Å². The minimum atomic E-state index is -0.318. The zero-order chi connectivity index (χ0) is 11.3. The van der Waals surface area contributed by atoms with Crippen molar-refractivity contribution in [3.8, 4) is 6.07 Å². The average Bonchev–Trinajstić information content (AvgIpc) is 2.17. The molecule has 0 atom stereocenters. The Morgan fingerprint density at radius 1 is 1.60 bits per heavy atom. The van der Waals surface area contributed by atoms with E-state index in [2.05, 4.69) is 11.9 Å². The van der Waals surface area contributed by atoms with Gasteiger partial charge >= 0.3 is 0 Å². The molecule has 1 N–H and O–H groups in total. The average molecular weight is 204 g/mol. The van der Waals surface area contributed by atoms with Crippen molar-refractivity contribution in [3.05, 3.63) is 47.3 Å². The van der Waals surface area contributed by atoms with Crippen molar-refractivity contribution in [1.82, 2.24) is 5.32 Å². The molecule has 0 aliphatic rings. The topological polar surface area (TPSA) is 35.8 Å². The highest BCUT2D eigenvalue weighted by Crippen LogP contribution is 2.10. The standard InChI is InChI=1S/C12H13FN2/c1-9(2)7-15-8-11-5-12(13)4-3-10(11)6-14/h3-5,15H,1,7-8H2,2H3. The molecule has 0 radical (unpaired) electrons. The number of hydrogen-bond donors (Lipinski definition) is 1. The number of nitriles is 1. The summed E-state index contributed by atoms with van der Waals surface area (Å²) in [7, 11) is 0. The van der Waals surface area contributed by atoms with E-state index in [4.69, 9.17) is 5.26 Å². The largest absolute Gasteiger partial charge is 0.309 e. The third-order valence-electron chi connectivity index (χ3n) is 1.93. The Hall–Kier alpha value is -1.66. The molecule has 2 nitrogen and oxygen atoms in total. The number of hydrogen-bond acceptors (Lipinski definition) is 2. The molecule has 0 aliphatic heterocycles. The summed E-state index contributed by atoms with van der Waals surface area (Å²) < 4.78 is 12.9. The van der Waals surface area contributed by atoms with E-state index in [1.54, 1.807) is 0 Å². The molecule has 0 amide bonds. The highest BCUT2D eigenvalue weighted by molar-refractivity contribution is 5.37. The van der Waals surface area contributed by atoms with Gasteiger partial charge in [-0.25, -0.2) is 4.39 Å². The number of rotatable bonds is 4. The fourth-order valence-corrected chi connectivity index (χ4v) is 1.23. The van der Waals surface area contributed by atoms with E-state index in [9.17, 15) is 4.39 Å². The second kappa shape index (κ2) is 5.28. The Morgan fingerprint density at radius 3 is 2.93 bits per heavy atom. The number of benzene rings is 1. The summed E-state index contributed by atoms with van der Waals surface area (Å²) in [5.41, 5.74) is 2.19. The van der Waals surface area contributed by atoms with Crippen molar-refractivity contribution in [2.45, 2.75) is 13.5 Å². The maximum atomic E-state index is 12.9. The summed E-state index contributed by atoms with van der Waals surface area (Å²) in [5.74, 6) is -0.318. The lowest BCUT2D eigenvalue weighted by Gasteiger charge is -2.06. The molecular formula is C12H13FN2. The Bertz CT molecular complexity index is 405. The predicted molar refractivity (Wildman–Crippen MR) is 57.6 cm³/mol. The molecule has 0 bridgehead atoms. The summed E-state index contributed by atoms with van der Waals surface area (Å²) in [4.78, 5) is 0. The Morgan fingerprint density at radius 2 is 2.33 bits per heavy atom. The fourth-order valence-electron chi connectivity index (χ4n) is 1.23. The van der Waals surface area contributed by atoms with Crippen LogP contribution in [0.4, 0.5) is 4.39 Å². The monoisotopic (exact) mass is 204 g/mol. The van der Waals surface area contributed by atoms with Crippen LogP contribution in [0.3, 0.4) is 0 Å². The molecule has 1 aromatic carbocycles. The van der Waals surface area contributed by atoms with Crippen LogP contribution in [0.5, 0.6) is 0 Å². The van der Waals surface area contributed by atoms with E-state index >= 15 is 0 Å². The molecule has 0 unspecified atom stereocenters. The van der Waals surface area contributed by atoms with Crippen LogP contribution in [0.25, 0.3) is 0 Å². The van der Waals surface area contributed by atoms with Crippen LogP contribution < -0.4 is 5.32 Å². The highest BCUT2D eigenvalue weighted by Gasteiger charge is 2.02. The van der Waals surface area contributed by atoms with Crippen LogP contribution in [0.1, 0.15) is 18.1 Å². The van der Waals surface area contributed by atoms with Gasteiger partial charge < -0.3 is 5.32 Å². The molecular weight excluding hydrogens is 191 g/mol. The van der Waals surface area contributed by atoms with Gasteiger partial charge in [0.25, 0.3) is 0 Å². The molecule has 0 fully saturated rings. The summed E-state index contributed by atoms with van der Waals surface area (Å²) in [5, 5.41) is 11.9. The van der Waals surface area contributed by atoms with E-state index in [0.717, 1.165) is 5.57 Å². The molecule has 0 saturated carbocycles. The van der Waals surface area contributed by atoms with Gasteiger partial charge in [0.05, 0.1) is 11.6 Å². The third-order valence-corrected chi connectivity index (χ3v) is 1.93. The lowest BCUT2D eigenvalue weighted by Crippen LogP contribution is -2.16. The molecule has 0 spiro atoms.